The van der Waals surface area contributed by atoms with E-state index in [2.05, 4.69) is 0 Å². The molecule has 0 aromatic rings. The molecule has 0 spiro atoms. The van der Waals surface area contributed by atoms with Gasteiger partial charge in [0.15, 0.2) is 0 Å². The summed E-state index contributed by atoms with van der Waals surface area (Å²) in [5.74, 6) is 0. The van der Waals surface area contributed by atoms with Gasteiger partial charge in [-0.15, -0.1) is 0 Å². The number of rotatable bonds is 0. The molecule has 2 atom stereocenters. The number of hydrogen-bond donors (Lipinski definition) is 1. The number of amides is 1. The van der Waals surface area contributed by atoms with Crippen molar-refractivity contribution in [3.8, 4) is 0 Å². The smallest absolute Gasteiger partial charge is 0.410 e. The van der Waals surface area contributed by atoms with Crippen LogP contribution in [-0.4, -0.2) is 35.2 Å². The molecule has 0 aromatic heterocycles. The van der Waals surface area contributed by atoms with Crippen LogP contribution < -0.4 is 5.73 Å². The van der Waals surface area contributed by atoms with E-state index in [1.165, 1.54) is 0 Å². The molecule has 0 saturated carbocycles. The van der Waals surface area contributed by atoms with E-state index in [9.17, 15) is 4.79 Å². The van der Waals surface area contributed by atoms with Gasteiger partial charge in [-0.2, -0.15) is 0 Å². The van der Waals surface area contributed by atoms with E-state index in [0.717, 1.165) is 12.8 Å². The molecule has 15 heavy (non-hydrogen) atoms. The van der Waals surface area contributed by atoms with Crippen LogP contribution >= 0.6 is 0 Å². The van der Waals surface area contributed by atoms with Gasteiger partial charge in [0, 0.05) is 18.6 Å². The molecule has 0 bridgehead atoms. The Hall–Kier alpha value is -0.770. The normalized spacial score (nSPS) is 27.7. The van der Waals surface area contributed by atoms with Gasteiger partial charge in [0.25, 0.3) is 0 Å². The summed E-state index contributed by atoms with van der Waals surface area (Å²) in [6, 6.07) is 0.405. The molecule has 2 N–H and O–H groups in total. The molecule has 1 amide bonds. The molecule has 0 radical (unpaired) electrons. The maximum absolute atomic E-state index is 11.8. The van der Waals surface area contributed by atoms with Gasteiger partial charge in [-0.05, 0) is 40.5 Å². The SMILES string of the molecule is C[C@@H]1C[C@@H](N)CCN1C(=O)OC(C)(C)C. The van der Waals surface area contributed by atoms with Crippen LogP contribution in [0.15, 0.2) is 0 Å². The average molecular weight is 214 g/mol. The minimum atomic E-state index is -0.420. The zero-order valence-electron chi connectivity index (χ0n) is 10.1. The summed E-state index contributed by atoms with van der Waals surface area (Å²) in [5.41, 5.74) is 5.42. The van der Waals surface area contributed by atoms with E-state index in [1.54, 1.807) is 4.90 Å². The van der Waals surface area contributed by atoms with Gasteiger partial charge >= 0.3 is 6.09 Å². The Labute approximate surface area is 91.8 Å². The van der Waals surface area contributed by atoms with Crippen LogP contribution in [0, 0.1) is 0 Å². The van der Waals surface area contributed by atoms with Gasteiger partial charge in [0.1, 0.15) is 5.60 Å². The molecule has 4 heteroatoms. The van der Waals surface area contributed by atoms with E-state index >= 15 is 0 Å². The van der Waals surface area contributed by atoms with Gasteiger partial charge in [-0.3, -0.25) is 0 Å². The standard InChI is InChI=1S/C11H22N2O2/c1-8-7-9(12)5-6-13(8)10(14)15-11(2,3)4/h8-9H,5-7,12H2,1-4H3/t8-,9+/m1/s1. The Morgan fingerprint density at radius 2 is 2.07 bits per heavy atom. The Morgan fingerprint density at radius 3 is 2.53 bits per heavy atom. The maximum atomic E-state index is 11.8. The lowest BCUT2D eigenvalue weighted by atomic mass is 10.00. The van der Waals surface area contributed by atoms with Crippen molar-refractivity contribution < 1.29 is 9.53 Å². The first-order valence-corrected chi connectivity index (χ1v) is 5.55. The fourth-order valence-electron chi connectivity index (χ4n) is 1.80. The largest absolute Gasteiger partial charge is 0.444 e. The average Bonchev–Trinajstić information content (AvgIpc) is 1.99. The summed E-state index contributed by atoms with van der Waals surface area (Å²) in [5, 5.41) is 0. The second kappa shape index (κ2) is 4.39. The Morgan fingerprint density at radius 1 is 1.47 bits per heavy atom. The third-order valence-electron chi connectivity index (χ3n) is 2.54. The molecule has 1 aliphatic rings. The number of likely N-dealkylation sites (tertiary alicyclic amines) is 1. The predicted octanol–water partition coefficient (Wildman–Crippen LogP) is 1.73. The Bertz CT molecular complexity index is 235. The van der Waals surface area contributed by atoms with Crippen molar-refractivity contribution in [3.05, 3.63) is 0 Å². The van der Waals surface area contributed by atoms with Crippen molar-refractivity contribution >= 4 is 6.09 Å². The number of ether oxygens (including phenoxy) is 1. The first kappa shape index (κ1) is 12.3. The van der Waals surface area contributed by atoms with Gasteiger partial charge in [-0.25, -0.2) is 4.79 Å². The summed E-state index contributed by atoms with van der Waals surface area (Å²) < 4.78 is 5.33. The molecule has 4 nitrogen and oxygen atoms in total. The topological polar surface area (TPSA) is 55.6 Å². The van der Waals surface area contributed by atoms with E-state index in [1.807, 2.05) is 27.7 Å². The second-order valence-corrected chi connectivity index (χ2v) is 5.31. The molecule has 0 unspecified atom stereocenters. The van der Waals surface area contributed by atoms with Crippen molar-refractivity contribution in [2.24, 2.45) is 5.73 Å². The number of hydrogen-bond acceptors (Lipinski definition) is 3. The van der Waals surface area contributed by atoms with Crippen LogP contribution in [0.1, 0.15) is 40.5 Å². The summed E-state index contributed by atoms with van der Waals surface area (Å²) >= 11 is 0. The molecule has 88 valence electrons. The van der Waals surface area contributed by atoms with E-state index in [0.29, 0.717) is 6.54 Å². The van der Waals surface area contributed by atoms with Crippen LogP contribution in [0.2, 0.25) is 0 Å². The number of nitrogens with two attached hydrogens (primary N) is 1. The van der Waals surface area contributed by atoms with Gasteiger partial charge in [0.2, 0.25) is 0 Å². The molecule has 1 rings (SSSR count). The highest BCUT2D eigenvalue weighted by molar-refractivity contribution is 5.68. The van der Waals surface area contributed by atoms with Crippen LogP contribution in [0.3, 0.4) is 0 Å². The van der Waals surface area contributed by atoms with Crippen molar-refractivity contribution in [2.75, 3.05) is 6.54 Å². The van der Waals surface area contributed by atoms with Crippen LogP contribution in [-0.2, 0) is 4.74 Å². The molecule has 1 saturated heterocycles. The van der Waals surface area contributed by atoms with Crippen molar-refractivity contribution in [1.82, 2.24) is 4.90 Å². The van der Waals surface area contributed by atoms with Crippen molar-refractivity contribution in [2.45, 2.75) is 58.2 Å². The number of nitrogens with zero attached hydrogens (tertiary/aromatic N) is 1. The van der Waals surface area contributed by atoms with E-state index < -0.39 is 5.60 Å². The molecular weight excluding hydrogens is 192 g/mol. The minimum Gasteiger partial charge on any atom is -0.444 e. The molecule has 1 fully saturated rings. The summed E-state index contributed by atoms with van der Waals surface area (Å²) in [4.78, 5) is 13.6. The van der Waals surface area contributed by atoms with E-state index in [4.69, 9.17) is 10.5 Å². The minimum absolute atomic E-state index is 0.184. The van der Waals surface area contributed by atoms with Crippen LogP contribution in [0.5, 0.6) is 0 Å². The Kier molecular flexibility index (Phi) is 3.60. The first-order chi connectivity index (χ1) is 6.79. The molecule has 1 aliphatic heterocycles. The quantitative estimate of drug-likeness (QED) is 0.668. The highest BCUT2D eigenvalue weighted by atomic mass is 16.6. The highest BCUT2D eigenvalue weighted by Crippen LogP contribution is 2.19. The van der Waals surface area contributed by atoms with E-state index in [-0.39, 0.29) is 18.2 Å². The fraction of sp³-hybridized carbons (Fsp3) is 0.909. The number of piperidine rings is 1. The van der Waals surface area contributed by atoms with Gasteiger partial charge < -0.3 is 15.4 Å². The lowest BCUT2D eigenvalue weighted by Crippen LogP contribution is -2.49. The zero-order valence-corrected chi connectivity index (χ0v) is 10.1. The maximum Gasteiger partial charge on any atom is 0.410 e. The number of carbonyl (C=O) groups is 1. The third-order valence-corrected chi connectivity index (χ3v) is 2.54. The Balaban J connectivity index is 2.53. The second-order valence-electron chi connectivity index (χ2n) is 5.31. The van der Waals surface area contributed by atoms with Crippen LogP contribution in [0.25, 0.3) is 0 Å². The molecule has 0 aliphatic carbocycles. The monoisotopic (exact) mass is 214 g/mol. The lowest BCUT2D eigenvalue weighted by Gasteiger charge is -2.37. The first-order valence-electron chi connectivity index (χ1n) is 5.55. The molecular formula is C11H22N2O2. The molecule has 1 heterocycles. The third kappa shape index (κ3) is 3.70. The summed E-state index contributed by atoms with van der Waals surface area (Å²) in [6.07, 6.45) is 1.50. The molecule has 0 aromatic carbocycles. The predicted molar refractivity (Wildman–Crippen MR) is 59.6 cm³/mol. The van der Waals surface area contributed by atoms with Crippen LogP contribution in [0.4, 0.5) is 4.79 Å². The van der Waals surface area contributed by atoms with Gasteiger partial charge in [-0.1, -0.05) is 0 Å². The van der Waals surface area contributed by atoms with Crippen molar-refractivity contribution in [1.29, 1.82) is 0 Å². The fourth-order valence-corrected chi connectivity index (χ4v) is 1.80. The summed E-state index contributed by atoms with van der Waals surface area (Å²) in [7, 11) is 0. The zero-order chi connectivity index (χ0) is 11.6. The summed E-state index contributed by atoms with van der Waals surface area (Å²) in [6.45, 7) is 8.36. The van der Waals surface area contributed by atoms with Crippen molar-refractivity contribution in [3.63, 3.8) is 0 Å². The number of carbonyl (C=O) groups excluding carboxylic acids is 1. The van der Waals surface area contributed by atoms with Gasteiger partial charge in [0.05, 0.1) is 0 Å². The highest BCUT2D eigenvalue weighted by Gasteiger charge is 2.30. The lowest BCUT2D eigenvalue weighted by molar-refractivity contribution is 0.0107.